The highest BCUT2D eigenvalue weighted by atomic mass is 127. The molecule has 0 saturated heterocycles. The van der Waals surface area contributed by atoms with Crippen molar-refractivity contribution < 1.29 is 84.1 Å². The van der Waals surface area contributed by atoms with E-state index in [1.54, 1.807) is 12.2 Å². The average Bonchev–Trinajstić information content (AvgIpc) is 3.44. The van der Waals surface area contributed by atoms with Gasteiger partial charge in [0.25, 0.3) is 15.6 Å². The number of phosphoric acid groups is 2. The molecule has 2 aromatic carbocycles. The summed E-state index contributed by atoms with van der Waals surface area (Å²) in [7, 11) is 2.03. The minimum Gasteiger partial charge on any atom is -0.756 e. The van der Waals surface area contributed by atoms with E-state index in [1.165, 1.54) is 96.8 Å². The summed E-state index contributed by atoms with van der Waals surface area (Å²) in [5.74, 6) is -2.26. The van der Waals surface area contributed by atoms with Crippen molar-refractivity contribution >= 4 is 175 Å². The molecular formula is C58H90I6N2O16P2. The highest BCUT2D eigenvalue weighted by molar-refractivity contribution is 14.1. The van der Waals surface area contributed by atoms with E-state index in [1.807, 2.05) is 54.4 Å². The quantitative estimate of drug-likeness (QED) is 0.0114. The maximum atomic E-state index is 12.6. The molecule has 0 aliphatic rings. The van der Waals surface area contributed by atoms with Crippen LogP contribution in [0.3, 0.4) is 0 Å². The second-order valence-corrected chi connectivity index (χ2v) is 32.0. The Balaban J connectivity index is 0.00000134. The maximum Gasteiger partial charge on any atom is 0.309 e. The average molecular weight is 1890 g/mol. The molecule has 0 fully saturated rings. The van der Waals surface area contributed by atoms with Crippen LogP contribution in [-0.2, 0) is 78.2 Å². The minimum atomic E-state index is -4.76. The second-order valence-electron chi connectivity index (χ2n) is 22.1. The van der Waals surface area contributed by atoms with Gasteiger partial charge in [0.1, 0.15) is 64.9 Å². The molecule has 18 nitrogen and oxygen atoms in total. The lowest BCUT2D eigenvalue weighted by molar-refractivity contribution is -0.870. The molecule has 0 aliphatic carbocycles. The van der Waals surface area contributed by atoms with E-state index < -0.39 is 64.9 Å². The maximum absolute atomic E-state index is 12.6. The summed E-state index contributed by atoms with van der Waals surface area (Å²) < 4.78 is 73.2. The van der Waals surface area contributed by atoms with Crippen LogP contribution in [0.5, 0.6) is 0 Å². The van der Waals surface area contributed by atoms with Gasteiger partial charge in [0.2, 0.25) is 0 Å². The van der Waals surface area contributed by atoms with Crippen LogP contribution < -0.4 is 9.79 Å². The number of halogens is 6. The number of carbonyl (C=O) groups excluding carboxylic acids is 4. The van der Waals surface area contributed by atoms with Crippen LogP contribution in [0.15, 0.2) is 48.6 Å². The minimum absolute atomic E-state index is 0.0537. The van der Waals surface area contributed by atoms with Crippen LogP contribution in [0.1, 0.15) is 141 Å². The number of carbonyl (C=O) groups is 4. The van der Waals surface area contributed by atoms with Gasteiger partial charge in [0, 0.05) is 35.3 Å². The molecule has 0 aromatic heterocycles. The van der Waals surface area contributed by atoms with Gasteiger partial charge in [-0.15, -0.1) is 0 Å². The smallest absolute Gasteiger partial charge is 0.309 e. The van der Waals surface area contributed by atoms with Gasteiger partial charge >= 0.3 is 23.9 Å². The van der Waals surface area contributed by atoms with Crippen LogP contribution >= 0.6 is 151 Å². The summed E-state index contributed by atoms with van der Waals surface area (Å²) in [4.78, 5) is 70.9. The van der Waals surface area contributed by atoms with Crippen molar-refractivity contribution in [3.8, 4) is 0 Å². The Kier molecular flexibility index (Phi) is 45.5. The molecule has 0 heterocycles. The first-order chi connectivity index (χ1) is 39.4. The van der Waals surface area contributed by atoms with Crippen LogP contribution in [0.4, 0.5) is 0 Å². The summed E-state index contributed by atoms with van der Waals surface area (Å²) in [6, 6.07) is 9.01. The molecule has 26 heteroatoms. The zero-order chi connectivity index (χ0) is 63.2. The number of benzene rings is 2. The third-order valence-electron chi connectivity index (χ3n) is 12.1. The van der Waals surface area contributed by atoms with Gasteiger partial charge in [0.15, 0.2) is 0 Å². The lowest BCUT2D eigenvalue weighted by Gasteiger charge is -2.29. The van der Waals surface area contributed by atoms with Crippen molar-refractivity contribution in [1.29, 1.82) is 0 Å². The van der Waals surface area contributed by atoms with Crippen LogP contribution in [0, 0.1) is 21.4 Å². The molecule has 2 atom stereocenters. The number of hydrogen-bond acceptors (Lipinski definition) is 16. The Morgan fingerprint density at radius 3 is 1.05 bits per heavy atom. The van der Waals surface area contributed by atoms with Crippen molar-refractivity contribution in [2.75, 3.05) is 95.0 Å². The van der Waals surface area contributed by atoms with Gasteiger partial charge in [0.05, 0.1) is 55.1 Å². The summed E-state index contributed by atoms with van der Waals surface area (Å²) in [6.07, 6.45) is 26.0. The number of nitrogens with zero attached hydrogens (tertiary/aromatic N) is 2. The molecule has 0 saturated carbocycles. The zero-order valence-corrected chi connectivity index (χ0v) is 64.9. The number of esters is 4. The summed E-state index contributed by atoms with van der Waals surface area (Å²) in [5, 5.41) is 0. The lowest BCUT2D eigenvalue weighted by Crippen LogP contribution is -2.38. The van der Waals surface area contributed by atoms with E-state index in [9.17, 15) is 38.1 Å². The standard InChI is InChI=1S/C46H66I6NO8P.C12H24NO8P/c1-53(2,3)28-29-60-62(56,57)61-38(34-58-45(54)26-22-18-14-10-6-4-8-12-16-20-24-39-41(49)30-36(47)31-42(39)50)35-59-46(55)27-23-19-15-11-7-5-9-13-17-21-25-40-43(51)32-37(48)33-44(40)52;1-10(14)18-8-12(9-19-11(2)15)21-22(16,17)20-7-6-13(3,4)5/h18-19,22-23,30-33,38H,4-17,20-21,24-29,34-35H2,1-3H3;12H,6-9H2,1-5H3. The summed E-state index contributed by atoms with van der Waals surface area (Å²) >= 11 is 14.6. The largest absolute Gasteiger partial charge is 0.756 e. The van der Waals surface area contributed by atoms with Gasteiger partial charge in [-0.05, 0) is 222 Å². The van der Waals surface area contributed by atoms with Gasteiger partial charge in [-0.1, -0.05) is 88.5 Å². The molecule has 0 bridgehead atoms. The van der Waals surface area contributed by atoms with Crippen molar-refractivity contribution in [1.82, 2.24) is 0 Å². The lowest BCUT2D eigenvalue weighted by atomic mass is 10.0. The predicted octanol–water partition coefficient (Wildman–Crippen LogP) is 13.6. The molecule has 0 amide bonds. The highest BCUT2D eigenvalue weighted by Gasteiger charge is 2.24. The number of rotatable bonds is 44. The number of quaternary nitrogens is 2. The fourth-order valence-corrected chi connectivity index (χ4v) is 17.5. The Labute approximate surface area is 583 Å². The van der Waals surface area contributed by atoms with E-state index in [4.69, 9.17) is 27.6 Å². The third-order valence-corrected chi connectivity index (χ3v) is 19.3. The number of likely N-dealkylation sites (N-methyl/N-ethyl adjacent to an activating group) is 2. The SMILES string of the molecule is CC(=O)OCC(COC(C)=O)OP(=O)([O-])OCC[N+](C)(C)C.C[N+](C)(C)CCOP(=O)([O-])OC(COC(=O)CC=CCCCCCCCCCc1c(I)cc(I)cc1I)COC(=O)CC=CCCCCCCCCCc1c(I)cc(I)cc1I. The normalized spacial score (nSPS) is 13.8. The Morgan fingerprint density at radius 2 is 0.750 bits per heavy atom. The topological polar surface area (TPSA) is 222 Å². The molecule has 0 aliphatic heterocycles. The Morgan fingerprint density at radius 1 is 0.464 bits per heavy atom. The van der Waals surface area contributed by atoms with Crippen LogP contribution in [-0.4, -0.2) is 140 Å². The molecule has 0 N–H and O–H groups in total. The molecule has 0 spiro atoms. The molecule has 0 radical (unpaired) electrons. The first-order valence-corrected chi connectivity index (χ1v) is 37.8. The van der Waals surface area contributed by atoms with E-state index in [0.29, 0.717) is 22.1 Å². The van der Waals surface area contributed by atoms with Gasteiger partial charge in [-0.3, -0.25) is 28.3 Å². The number of unbranched alkanes of at least 4 members (excludes halogenated alkanes) is 14. The van der Waals surface area contributed by atoms with Crippen molar-refractivity contribution in [2.24, 2.45) is 0 Å². The summed E-state index contributed by atoms with van der Waals surface area (Å²) in [6.45, 7) is 1.56. The molecule has 2 rings (SSSR count). The van der Waals surface area contributed by atoms with E-state index in [-0.39, 0.29) is 39.3 Å². The number of allylic oxidation sites excluding steroid dienone is 2. The first-order valence-electron chi connectivity index (χ1n) is 28.4. The molecule has 2 aromatic rings. The van der Waals surface area contributed by atoms with Crippen molar-refractivity contribution in [3.05, 3.63) is 81.1 Å². The second kappa shape index (κ2) is 46.4. The van der Waals surface area contributed by atoms with Gasteiger partial charge in [-0.2, -0.15) is 0 Å². The zero-order valence-electron chi connectivity index (χ0n) is 50.2. The van der Waals surface area contributed by atoms with Crippen molar-refractivity contribution in [2.45, 2.75) is 154 Å². The van der Waals surface area contributed by atoms with Crippen molar-refractivity contribution in [3.63, 3.8) is 0 Å². The van der Waals surface area contributed by atoms with Gasteiger partial charge in [-0.25, -0.2) is 0 Å². The molecule has 480 valence electrons. The predicted molar refractivity (Wildman–Crippen MR) is 376 cm³/mol. The first kappa shape index (κ1) is 82.3. The fraction of sp³-hybridized carbons (Fsp3) is 0.655. The summed E-state index contributed by atoms with van der Waals surface area (Å²) in [5.41, 5.74) is 2.96. The fourth-order valence-electron chi connectivity index (χ4n) is 7.52. The monoisotopic (exact) mass is 1890 g/mol. The third kappa shape index (κ3) is 46.4. The Hall–Kier alpha value is 0.320. The number of ether oxygens (including phenoxy) is 4. The molecule has 84 heavy (non-hydrogen) atoms. The van der Waals surface area contributed by atoms with E-state index in [2.05, 4.69) is 169 Å². The highest BCUT2D eigenvalue weighted by Crippen LogP contribution is 2.41. The van der Waals surface area contributed by atoms with Crippen LogP contribution in [0.25, 0.3) is 0 Å². The number of phosphoric ester groups is 2. The molecular weight excluding hydrogens is 1800 g/mol. The van der Waals surface area contributed by atoms with E-state index >= 15 is 0 Å². The van der Waals surface area contributed by atoms with E-state index in [0.717, 1.165) is 65.2 Å². The van der Waals surface area contributed by atoms with Gasteiger partial charge < -0.3 is 55.8 Å². The Bertz CT molecular complexity index is 2260. The molecule has 2 unspecified atom stereocenters. The number of hydrogen-bond donors (Lipinski definition) is 0. The van der Waals surface area contributed by atoms with Crippen LogP contribution in [0.2, 0.25) is 0 Å².